The second kappa shape index (κ2) is 3.70. The highest BCUT2D eigenvalue weighted by molar-refractivity contribution is 14.1. The molecule has 4 nitrogen and oxygen atoms in total. The zero-order valence-electron chi connectivity index (χ0n) is 5.93. The van der Waals surface area contributed by atoms with Crippen LogP contribution in [0.4, 0.5) is 0 Å². The summed E-state index contributed by atoms with van der Waals surface area (Å²) in [4.78, 5) is 17.2. The van der Waals surface area contributed by atoms with Crippen molar-refractivity contribution in [1.82, 2.24) is 9.97 Å². The van der Waals surface area contributed by atoms with Gasteiger partial charge in [-0.15, -0.1) is 0 Å². The van der Waals surface area contributed by atoms with Crippen molar-refractivity contribution in [2.75, 3.05) is 6.61 Å². The van der Waals surface area contributed by atoms with Gasteiger partial charge in [-0.1, -0.05) is 0 Å². The van der Waals surface area contributed by atoms with Crippen molar-refractivity contribution in [3.8, 4) is 5.88 Å². The molecule has 0 amide bonds. The van der Waals surface area contributed by atoms with Gasteiger partial charge in [0.2, 0.25) is 5.88 Å². The van der Waals surface area contributed by atoms with E-state index in [2.05, 4.69) is 9.97 Å². The van der Waals surface area contributed by atoms with Crippen molar-refractivity contribution in [3.05, 3.63) is 20.3 Å². The molecular formula is C6H7IN2O2. The Labute approximate surface area is 77.1 Å². The maximum Gasteiger partial charge on any atom is 0.268 e. The normalized spacial score (nSPS) is 9.64. The van der Waals surface area contributed by atoms with Crippen LogP contribution >= 0.6 is 22.6 Å². The highest BCUT2D eigenvalue weighted by Crippen LogP contribution is 2.10. The Morgan fingerprint density at radius 1 is 1.82 bits per heavy atom. The number of hydrogen-bond acceptors (Lipinski definition) is 3. The molecule has 0 atom stereocenters. The zero-order chi connectivity index (χ0) is 8.27. The molecule has 0 unspecified atom stereocenters. The van der Waals surface area contributed by atoms with Crippen LogP contribution in [0.25, 0.3) is 0 Å². The fourth-order valence-corrected chi connectivity index (χ4v) is 1.05. The molecule has 0 saturated carbocycles. The highest BCUT2D eigenvalue weighted by Gasteiger charge is 2.03. The summed E-state index contributed by atoms with van der Waals surface area (Å²) in [5, 5.41) is 0. The molecule has 0 bridgehead atoms. The van der Waals surface area contributed by atoms with E-state index in [9.17, 15) is 4.79 Å². The third-order valence-corrected chi connectivity index (χ3v) is 2.00. The van der Waals surface area contributed by atoms with Crippen molar-refractivity contribution >= 4 is 22.6 Å². The first-order chi connectivity index (χ1) is 5.25. The van der Waals surface area contributed by atoms with E-state index in [0.717, 1.165) is 0 Å². The fourth-order valence-electron chi connectivity index (χ4n) is 0.604. The predicted octanol–water partition coefficient (Wildman–Crippen LogP) is 0.773. The Bertz CT molecular complexity index is 297. The summed E-state index contributed by atoms with van der Waals surface area (Å²) in [6.07, 6.45) is 1.33. The lowest BCUT2D eigenvalue weighted by atomic mass is 10.6. The molecule has 11 heavy (non-hydrogen) atoms. The van der Waals surface area contributed by atoms with Gasteiger partial charge in [-0.2, -0.15) is 0 Å². The second-order valence-corrected chi connectivity index (χ2v) is 2.86. The topological polar surface area (TPSA) is 55.0 Å². The standard InChI is InChI=1S/C6H7IN2O2/c1-2-11-6-4(7)5(10)8-3-9-6/h3H,2H2,1H3,(H,8,9,10). The van der Waals surface area contributed by atoms with E-state index >= 15 is 0 Å². The molecule has 0 aliphatic carbocycles. The van der Waals surface area contributed by atoms with E-state index in [0.29, 0.717) is 16.1 Å². The minimum atomic E-state index is -0.163. The Morgan fingerprint density at radius 2 is 2.55 bits per heavy atom. The third-order valence-electron chi connectivity index (χ3n) is 1.05. The molecular weight excluding hydrogens is 259 g/mol. The first kappa shape index (κ1) is 8.51. The second-order valence-electron chi connectivity index (χ2n) is 1.78. The van der Waals surface area contributed by atoms with Crippen LogP contribution in [0.1, 0.15) is 6.92 Å². The van der Waals surface area contributed by atoms with E-state index in [1.807, 2.05) is 29.5 Å². The Kier molecular flexibility index (Phi) is 2.86. The molecule has 0 aromatic carbocycles. The number of aromatic amines is 1. The van der Waals surface area contributed by atoms with Crippen LogP contribution < -0.4 is 10.3 Å². The van der Waals surface area contributed by atoms with Gasteiger partial charge in [0, 0.05) is 0 Å². The summed E-state index contributed by atoms with van der Waals surface area (Å²) in [6, 6.07) is 0. The van der Waals surface area contributed by atoms with Crippen LogP contribution in [-0.4, -0.2) is 16.6 Å². The van der Waals surface area contributed by atoms with E-state index in [4.69, 9.17) is 4.74 Å². The van der Waals surface area contributed by atoms with Gasteiger partial charge in [0.15, 0.2) is 0 Å². The number of halogens is 1. The average molecular weight is 266 g/mol. The molecule has 5 heteroatoms. The molecule has 1 heterocycles. The lowest BCUT2D eigenvalue weighted by Gasteiger charge is -2.00. The monoisotopic (exact) mass is 266 g/mol. The number of H-pyrrole nitrogens is 1. The van der Waals surface area contributed by atoms with Crippen LogP contribution in [0.5, 0.6) is 5.88 Å². The van der Waals surface area contributed by atoms with Crippen LogP contribution in [0.15, 0.2) is 11.1 Å². The van der Waals surface area contributed by atoms with Crippen molar-refractivity contribution in [2.45, 2.75) is 6.92 Å². The summed E-state index contributed by atoms with van der Waals surface area (Å²) in [5.74, 6) is 0.400. The maximum atomic E-state index is 10.9. The van der Waals surface area contributed by atoms with Gasteiger partial charge in [-0.25, -0.2) is 4.98 Å². The van der Waals surface area contributed by atoms with Gasteiger partial charge in [-0.05, 0) is 29.5 Å². The van der Waals surface area contributed by atoms with Crippen molar-refractivity contribution < 1.29 is 4.74 Å². The quantitative estimate of drug-likeness (QED) is 0.804. The average Bonchev–Trinajstić information content (AvgIpc) is 1.99. The van der Waals surface area contributed by atoms with E-state index in [-0.39, 0.29) is 5.56 Å². The van der Waals surface area contributed by atoms with Crippen molar-refractivity contribution in [3.63, 3.8) is 0 Å². The molecule has 0 fully saturated rings. The molecule has 1 aromatic rings. The lowest BCUT2D eigenvalue weighted by Crippen LogP contribution is -2.12. The SMILES string of the molecule is CCOc1nc[nH]c(=O)c1I. The Morgan fingerprint density at radius 3 is 3.18 bits per heavy atom. The summed E-state index contributed by atoms with van der Waals surface area (Å²) in [7, 11) is 0. The summed E-state index contributed by atoms with van der Waals surface area (Å²) >= 11 is 1.90. The van der Waals surface area contributed by atoms with E-state index in [1.54, 1.807) is 0 Å². The largest absolute Gasteiger partial charge is 0.477 e. The van der Waals surface area contributed by atoms with Crippen LogP contribution in [0.3, 0.4) is 0 Å². The number of nitrogens with one attached hydrogen (secondary N) is 1. The van der Waals surface area contributed by atoms with E-state index < -0.39 is 0 Å². The summed E-state index contributed by atoms with van der Waals surface area (Å²) in [5.41, 5.74) is -0.163. The Balaban J connectivity index is 3.06. The molecule has 1 N–H and O–H groups in total. The number of nitrogens with zero attached hydrogens (tertiary/aromatic N) is 1. The number of rotatable bonds is 2. The van der Waals surface area contributed by atoms with Gasteiger partial charge in [0.25, 0.3) is 5.56 Å². The molecule has 0 aliphatic heterocycles. The minimum absolute atomic E-state index is 0.163. The molecule has 0 saturated heterocycles. The van der Waals surface area contributed by atoms with Crippen LogP contribution in [-0.2, 0) is 0 Å². The molecule has 1 rings (SSSR count). The molecule has 0 radical (unpaired) electrons. The first-order valence-corrected chi connectivity index (χ1v) is 4.19. The van der Waals surface area contributed by atoms with Gasteiger partial charge < -0.3 is 9.72 Å². The molecule has 0 aliphatic rings. The van der Waals surface area contributed by atoms with Gasteiger partial charge >= 0.3 is 0 Å². The molecule has 60 valence electrons. The Hall–Kier alpha value is -0.590. The summed E-state index contributed by atoms with van der Waals surface area (Å²) in [6.45, 7) is 2.37. The highest BCUT2D eigenvalue weighted by atomic mass is 127. The van der Waals surface area contributed by atoms with Gasteiger partial charge in [0.1, 0.15) is 3.57 Å². The lowest BCUT2D eigenvalue weighted by molar-refractivity contribution is 0.323. The van der Waals surface area contributed by atoms with Gasteiger partial charge in [0.05, 0.1) is 12.9 Å². The summed E-state index contributed by atoms with van der Waals surface area (Å²) < 4.78 is 5.57. The number of aromatic nitrogens is 2. The molecule has 1 aromatic heterocycles. The zero-order valence-corrected chi connectivity index (χ0v) is 8.08. The smallest absolute Gasteiger partial charge is 0.268 e. The molecule has 0 spiro atoms. The minimum Gasteiger partial charge on any atom is -0.477 e. The predicted molar refractivity (Wildman–Crippen MR) is 48.7 cm³/mol. The van der Waals surface area contributed by atoms with Crippen molar-refractivity contribution in [1.29, 1.82) is 0 Å². The van der Waals surface area contributed by atoms with Crippen LogP contribution in [0, 0.1) is 3.57 Å². The third kappa shape index (κ3) is 1.92. The number of ether oxygens (including phenoxy) is 1. The number of hydrogen-bond donors (Lipinski definition) is 1. The fraction of sp³-hybridized carbons (Fsp3) is 0.333. The van der Waals surface area contributed by atoms with Crippen molar-refractivity contribution in [2.24, 2.45) is 0 Å². The van der Waals surface area contributed by atoms with Crippen LogP contribution in [0.2, 0.25) is 0 Å². The van der Waals surface area contributed by atoms with Gasteiger partial charge in [-0.3, -0.25) is 4.79 Å². The maximum absolute atomic E-state index is 10.9. The van der Waals surface area contributed by atoms with E-state index in [1.165, 1.54) is 6.33 Å². The first-order valence-electron chi connectivity index (χ1n) is 3.11.